The van der Waals surface area contributed by atoms with Crippen LogP contribution in [0.3, 0.4) is 0 Å². The Bertz CT molecular complexity index is 690. The summed E-state index contributed by atoms with van der Waals surface area (Å²) in [4.78, 5) is 0. The van der Waals surface area contributed by atoms with E-state index in [0.29, 0.717) is 18.4 Å². The van der Waals surface area contributed by atoms with Crippen LogP contribution in [0.25, 0.3) is 0 Å². The maximum atomic E-state index is 6.79. The van der Waals surface area contributed by atoms with E-state index in [1.54, 1.807) is 0 Å². The molecule has 1 aliphatic carbocycles. The fraction of sp³-hybridized carbons (Fsp3) is 0.630. The number of benzene rings is 1. The zero-order chi connectivity index (χ0) is 22.2. The summed E-state index contributed by atoms with van der Waals surface area (Å²) in [5.41, 5.74) is 2.50. The van der Waals surface area contributed by atoms with Gasteiger partial charge in [-0.15, -0.1) is 0 Å². The quantitative estimate of drug-likeness (QED) is 0.293. The Morgan fingerprint density at radius 2 is 1.73 bits per heavy atom. The van der Waals surface area contributed by atoms with Crippen molar-refractivity contribution in [3.8, 4) is 0 Å². The third-order valence-corrected chi connectivity index (χ3v) is 5.52. The van der Waals surface area contributed by atoms with Gasteiger partial charge in [0.2, 0.25) is 6.29 Å². The van der Waals surface area contributed by atoms with Crippen molar-refractivity contribution in [1.29, 1.82) is 0 Å². The molecule has 0 amide bonds. The molecule has 0 bridgehead atoms. The van der Waals surface area contributed by atoms with Crippen LogP contribution in [0.2, 0.25) is 0 Å². The van der Waals surface area contributed by atoms with Gasteiger partial charge in [-0.25, -0.2) is 0 Å². The second-order valence-corrected chi connectivity index (χ2v) is 10.3. The molecule has 1 aromatic rings. The molecule has 2 rings (SSSR count). The Balaban J connectivity index is 2.12. The van der Waals surface area contributed by atoms with E-state index in [-0.39, 0.29) is 11.9 Å². The lowest BCUT2D eigenvalue weighted by atomic mass is 9.83. The predicted octanol–water partition coefficient (Wildman–Crippen LogP) is 6.36. The highest BCUT2D eigenvalue weighted by Crippen LogP contribution is 2.34. The van der Waals surface area contributed by atoms with Crippen LogP contribution >= 0.6 is 0 Å². The molecule has 0 N–H and O–H groups in total. The standard InChI is InChI=1S/C27H44NO2/c1-8-29-26(21-28(6,7)20-25-12-10-9-11-13-25)30-27(19-23(4)5)16-14-24(15-17-27)18-22(2)3/h9-16,22-23,26H,8,17-21H2,1-7H3/q+1. The van der Waals surface area contributed by atoms with Crippen molar-refractivity contribution in [2.24, 2.45) is 11.8 Å². The molecule has 0 fully saturated rings. The van der Waals surface area contributed by atoms with Gasteiger partial charge in [-0.05, 0) is 38.0 Å². The summed E-state index contributed by atoms with van der Waals surface area (Å²) < 4.78 is 13.7. The molecule has 0 heterocycles. The zero-order valence-corrected chi connectivity index (χ0v) is 20.4. The Kier molecular flexibility index (Phi) is 9.33. The van der Waals surface area contributed by atoms with Crippen molar-refractivity contribution in [3.63, 3.8) is 0 Å². The molecule has 1 aromatic carbocycles. The van der Waals surface area contributed by atoms with Crippen LogP contribution in [0.4, 0.5) is 0 Å². The van der Waals surface area contributed by atoms with Crippen molar-refractivity contribution in [2.75, 3.05) is 27.2 Å². The number of rotatable bonds is 12. The molecule has 168 valence electrons. The molecule has 0 radical (unpaired) electrons. The summed E-state index contributed by atoms with van der Waals surface area (Å²) in [6.45, 7) is 13.6. The smallest absolute Gasteiger partial charge is 0.208 e. The first-order chi connectivity index (χ1) is 14.1. The minimum absolute atomic E-state index is 0.225. The highest BCUT2D eigenvalue weighted by atomic mass is 16.7. The third kappa shape index (κ3) is 8.37. The number of ether oxygens (including phenoxy) is 2. The molecule has 30 heavy (non-hydrogen) atoms. The topological polar surface area (TPSA) is 18.5 Å². The average Bonchev–Trinajstić information content (AvgIpc) is 2.63. The van der Waals surface area contributed by atoms with E-state index < -0.39 is 0 Å². The molecule has 0 saturated carbocycles. The number of quaternary nitrogens is 1. The molecular weight excluding hydrogens is 370 g/mol. The number of hydrogen-bond donors (Lipinski definition) is 0. The second-order valence-electron chi connectivity index (χ2n) is 10.3. The monoisotopic (exact) mass is 414 g/mol. The van der Waals surface area contributed by atoms with Crippen LogP contribution in [0.1, 0.15) is 59.4 Å². The number of nitrogens with zero attached hydrogens (tertiary/aromatic N) is 1. The van der Waals surface area contributed by atoms with Crippen LogP contribution in [0.5, 0.6) is 0 Å². The van der Waals surface area contributed by atoms with Crippen LogP contribution in [0, 0.1) is 11.8 Å². The Labute approximate surface area is 185 Å². The van der Waals surface area contributed by atoms with Crippen molar-refractivity contribution in [2.45, 2.75) is 72.3 Å². The van der Waals surface area contributed by atoms with Crippen molar-refractivity contribution in [1.82, 2.24) is 0 Å². The number of allylic oxidation sites excluding steroid dienone is 2. The Morgan fingerprint density at radius 1 is 1.03 bits per heavy atom. The van der Waals surface area contributed by atoms with E-state index in [1.165, 1.54) is 11.1 Å². The van der Waals surface area contributed by atoms with Gasteiger partial charge in [0.15, 0.2) is 0 Å². The summed E-state index contributed by atoms with van der Waals surface area (Å²) >= 11 is 0. The summed E-state index contributed by atoms with van der Waals surface area (Å²) in [5.74, 6) is 1.23. The molecule has 0 saturated heterocycles. The van der Waals surface area contributed by atoms with Gasteiger partial charge < -0.3 is 14.0 Å². The maximum Gasteiger partial charge on any atom is 0.208 e. The Hall–Kier alpha value is -1.42. The predicted molar refractivity (Wildman–Crippen MR) is 127 cm³/mol. The highest BCUT2D eigenvalue weighted by molar-refractivity contribution is 5.28. The average molecular weight is 415 g/mol. The van der Waals surface area contributed by atoms with Gasteiger partial charge in [-0.2, -0.15) is 0 Å². The third-order valence-electron chi connectivity index (χ3n) is 5.52. The van der Waals surface area contributed by atoms with Crippen LogP contribution < -0.4 is 0 Å². The van der Waals surface area contributed by atoms with E-state index in [4.69, 9.17) is 9.47 Å². The van der Waals surface area contributed by atoms with Gasteiger partial charge >= 0.3 is 0 Å². The summed E-state index contributed by atoms with van der Waals surface area (Å²) in [5, 5.41) is 0. The first-order valence-electron chi connectivity index (χ1n) is 11.7. The number of likely N-dealkylation sites (N-methyl/N-ethyl adjacent to an activating group) is 1. The van der Waals surface area contributed by atoms with Crippen molar-refractivity contribution in [3.05, 3.63) is 59.7 Å². The van der Waals surface area contributed by atoms with Crippen molar-refractivity contribution < 1.29 is 14.0 Å². The molecule has 2 atom stereocenters. The second kappa shape index (κ2) is 11.3. The van der Waals surface area contributed by atoms with Gasteiger partial charge in [0.1, 0.15) is 13.1 Å². The fourth-order valence-corrected chi connectivity index (χ4v) is 4.42. The largest absolute Gasteiger partial charge is 0.348 e. The van der Waals surface area contributed by atoms with E-state index in [1.807, 2.05) is 0 Å². The fourth-order valence-electron chi connectivity index (χ4n) is 4.42. The first kappa shape index (κ1) is 24.8. The number of hydrogen-bond acceptors (Lipinski definition) is 2. The lowest BCUT2D eigenvalue weighted by Crippen LogP contribution is -2.49. The van der Waals surface area contributed by atoms with Gasteiger partial charge in [0.25, 0.3) is 0 Å². The zero-order valence-electron chi connectivity index (χ0n) is 20.4. The molecular formula is C27H44NO2+. The SMILES string of the molecule is CCOC(C[N+](C)(C)Cc1ccccc1)OC1(CC(C)C)C=CC(CC(C)C)=CC1. The van der Waals surface area contributed by atoms with E-state index in [0.717, 1.165) is 36.8 Å². The summed E-state index contributed by atoms with van der Waals surface area (Å²) in [7, 11) is 4.52. The molecule has 0 aromatic heterocycles. The van der Waals surface area contributed by atoms with Crippen LogP contribution in [0.15, 0.2) is 54.1 Å². The normalized spacial score (nSPS) is 20.6. The van der Waals surface area contributed by atoms with Crippen LogP contribution in [-0.4, -0.2) is 43.6 Å². The molecule has 3 heteroatoms. The molecule has 0 spiro atoms. The highest BCUT2D eigenvalue weighted by Gasteiger charge is 2.36. The minimum Gasteiger partial charge on any atom is -0.348 e. The van der Waals surface area contributed by atoms with Gasteiger partial charge in [-0.1, -0.05) is 81.8 Å². The lowest BCUT2D eigenvalue weighted by Gasteiger charge is -2.40. The van der Waals surface area contributed by atoms with E-state index in [2.05, 4.69) is 97.3 Å². The first-order valence-corrected chi connectivity index (χ1v) is 11.7. The summed E-state index contributed by atoms with van der Waals surface area (Å²) in [6, 6.07) is 10.7. The maximum absolute atomic E-state index is 6.79. The Morgan fingerprint density at radius 3 is 2.27 bits per heavy atom. The van der Waals surface area contributed by atoms with Gasteiger partial charge in [-0.3, -0.25) is 0 Å². The van der Waals surface area contributed by atoms with E-state index in [9.17, 15) is 0 Å². The minimum atomic E-state index is -0.277. The van der Waals surface area contributed by atoms with Crippen LogP contribution in [-0.2, 0) is 16.0 Å². The molecule has 3 nitrogen and oxygen atoms in total. The van der Waals surface area contributed by atoms with Gasteiger partial charge in [0, 0.05) is 12.2 Å². The molecule has 2 unspecified atom stereocenters. The van der Waals surface area contributed by atoms with E-state index >= 15 is 0 Å². The van der Waals surface area contributed by atoms with Gasteiger partial charge in [0.05, 0.1) is 19.7 Å². The van der Waals surface area contributed by atoms with Crippen molar-refractivity contribution >= 4 is 0 Å². The summed E-state index contributed by atoms with van der Waals surface area (Å²) in [6.07, 6.45) is 9.83. The lowest BCUT2D eigenvalue weighted by molar-refractivity contribution is -0.909. The molecule has 1 aliphatic rings. The molecule has 0 aliphatic heterocycles.